The standard InChI is InChI=1S/C32H41N3O4/c1-24-9-7-12-26(19-24)22-35-17-13-28(14-18-35)33-15-8-16-34-32(36)27-20-29(37-2)31(30(21-27)38-3)39-23-25-10-5-4-6-11-25/h4-7,9-12,19-21,28,33H,8,13-18,22-23H2,1-3H3,(H,34,36). The third-order valence-corrected chi connectivity index (χ3v) is 7.10. The summed E-state index contributed by atoms with van der Waals surface area (Å²) in [7, 11) is 3.12. The smallest absolute Gasteiger partial charge is 0.251 e. The summed E-state index contributed by atoms with van der Waals surface area (Å²) in [6, 6.07) is 22.6. The van der Waals surface area contributed by atoms with Gasteiger partial charge in [-0.3, -0.25) is 9.69 Å². The first-order valence-corrected chi connectivity index (χ1v) is 13.8. The van der Waals surface area contributed by atoms with Crippen LogP contribution in [0.3, 0.4) is 0 Å². The fourth-order valence-corrected chi connectivity index (χ4v) is 4.95. The van der Waals surface area contributed by atoms with Crippen molar-refractivity contribution in [3.8, 4) is 17.2 Å². The van der Waals surface area contributed by atoms with Crippen LogP contribution in [0, 0.1) is 6.92 Å². The van der Waals surface area contributed by atoms with E-state index in [0.29, 0.717) is 42.0 Å². The van der Waals surface area contributed by atoms with E-state index in [9.17, 15) is 4.79 Å². The lowest BCUT2D eigenvalue weighted by Gasteiger charge is -2.32. The fourth-order valence-electron chi connectivity index (χ4n) is 4.95. The number of amides is 1. The molecule has 0 spiro atoms. The molecule has 1 aliphatic rings. The van der Waals surface area contributed by atoms with Crippen LogP contribution in [0.1, 0.15) is 46.3 Å². The lowest BCUT2D eigenvalue weighted by atomic mass is 10.0. The van der Waals surface area contributed by atoms with Gasteiger partial charge in [0.25, 0.3) is 5.91 Å². The molecule has 1 aliphatic heterocycles. The van der Waals surface area contributed by atoms with E-state index in [2.05, 4.69) is 46.7 Å². The molecule has 208 valence electrons. The summed E-state index contributed by atoms with van der Waals surface area (Å²) in [6.07, 6.45) is 3.16. The van der Waals surface area contributed by atoms with Crippen LogP contribution in [0.4, 0.5) is 0 Å². The molecular weight excluding hydrogens is 490 g/mol. The number of rotatable bonds is 13. The summed E-state index contributed by atoms with van der Waals surface area (Å²) < 4.78 is 17.0. The SMILES string of the molecule is COc1cc(C(=O)NCCCNC2CCN(Cc3cccc(C)c3)CC2)cc(OC)c1OCc1ccccc1. The molecule has 7 heteroatoms. The van der Waals surface area contributed by atoms with Crippen molar-refractivity contribution in [2.75, 3.05) is 40.4 Å². The van der Waals surface area contributed by atoms with Crippen LogP contribution in [-0.4, -0.2) is 57.2 Å². The first kappa shape index (κ1) is 28.5. The highest BCUT2D eigenvalue weighted by Crippen LogP contribution is 2.39. The minimum atomic E-state index is -0.161. The molecule has 7 nitrogen and oxygen atoms in total. The van der Waals surface area contributed by atoms with Gasteiger partial charge in [0.15, 0.2) is 11.5 Å². The Bertz CT molecular complexity index is 1170. The van der Waals surface area contributed by atoms with Gasteiger partial charge in [0, 0.05) is 24.7 Å². The van der Waals surface area contributed by atoms with Crippen molar-refractivity contribution in [2.24, 2.45) is 0 Å². The molecule has 1 saturated heterocycles. The molecule has 4 rings (SSSR count). The van der Waals surface area contributed by atoms with Crippen LogP contribution in [0.2, 0.25) is 0 Å². The molecule has 1 fully saturated rings. The highest BCUT2D eigenvalue weighted by Gasteiger charge is 2.20. The van der Waals surface area contributed by atoms with Crippen molar-refractivity contribution in [2.45, 2.75) is 45.4 Å². The van der Waals surface area contributed by atoms with Gasteiger partial charge in [0.2, 0.25) is 5.75 Å². The molecule has 2 N–H and O–H groups in total. The molecule has 0 bridgehead atoms. The molecule has 0 aliphatic carbocycles. The van der Waals surface area contributed by atoms with Crippen LogP contribution in [0.15, 0.2) is 66.7 Å². The fraction of sp³-hybridized carbons (Fsp3) is 0.406. The second-order valence-corrected chi connectivity index (χ2v) is 10.1. The molecule has 39 heavy (non-hydrogen) atoms. The van der Waals surface area contributed by atoms with Crippen LogP contribution >= 0.6 is 0 Å². The topological polar surface area (TPSA) is 72.1 Å². The lowest BCUT2D eigenvalue weighted by Crippen LogP contribution is -2.42. The Morgan fingerprint density at radius 3 is 2.26 bits per heavy atom. The predicted octanol–water partition coefficient (Wildman–Crippen LogP) is 4.97. The van der Waals surface area contributed by atoms with Crippen molar-refractivity contribution in [1.82, 2.24) is 15.5 Å². The van der Waals surface area contributed by atoms with Crippen LogP contribution in [0.25, 0.3) is 0 Å². The largest absolute Gasteiger partial charge is 0.493 e. The van der Waals surface area contributed by atoms with Gasteiger partial charge in [0.05, 0.1) is 14.2 Å². The van der Waals surface area contributed by atoms with Gasteiger partial charge in [-0.25, -0.2) is 0 Å². The van der Waals surface area contributed by atoms with E-state index in [0.717, 1.165) is 51.0 Å². The number of carbonyl (C=O) groups is 1. The van der Waals surface area contributed by atoms with E-state index in [4.69, 9.17) is 14.2 Å². The third-order valence-electron chi connectivity index (χ3n) is 7.10. The Morgan fingerprint density at radius 2 is 1.59 bits per heavy atom. The highest BCUT2D eigenvalue weighted by atomic mass is 16.5. The Morgan fingerprint density at radius 1 is 0.897 bits per heavy atom. The summed E-state index contributed by atoms with van der Waals surface area (Å²) in [5.74, 6) is 1.25. The Hall–Kier alpha value is -3.55. The normalized spacial score (nSPS) is 14.1. The van der Waals surface area contributed by atoms with E-state index >= 15 is 0 Å². The van der Waals surface area contributed by atoms with Crippen LogP contribution in [0.5, 0.6) is 17.2 Å². The van der Waals surface area contributed by atoms with Gasteiger partial charge in [0.1, 0.15) is 6.61 Å². The number of hydrogen-bond acceptors (Lipinski definition) is 6. The van der Waals surface area contributed by atoms with Crippen LogP contribution < -0.4 is 24.8 Å². The van der Waals surface area contributed by atoms with Gasteiger partial charge in [-0.15, -0.1) is 0 Å². The maximum atomic E-state index is 12.9. The Labute approximate surface area is 232 Å². The van der Waals surface area contributed by atoms with Gasteiger partial charge < -0.3 is 24.8 Å². The van der Waals surface area contributed by atoms with Crippen LogP contribution in [-0.2, 0) is 13.2 Å². The first-order chi connectivity index (χ1) is 19.1. The minimum Gasteiger partial charge on any atom is -0.493 e. The van der Waals surface area contributed by atoms with Gasteiger partial charge in [-0.1, -0.05) is 60.2 Å². The zero-order chi connectivity index (χ0) is 27.5. The lowest BCUT2D eigenvalue weighted by molar-refractivity contribution is 0.0952. The monoisotopic (exact) mass is 531 g/mol. The highest BCUT2D eigenvalue weighted by molar-refractivity contribution is 5.95. The number of benzene rings is 3. The molecular formula is C32H41N3O4. The van der Waals surface area contributed by atoms with Crippen molar-refractivity contribution in [3.63, 3.8) is 0 Å². The van der Waals surface area contributed by atoms with E-state index in [1.54, 1.807) is 26.4 Å². The van der Waals surface area contributed by atoms with Crippen molar-refractivity contribution < 1.29 is 19.0 Å². The van der Waals surface area contributed by atoms with Crippen molar-refractivity contribution in [3.05, 3.63) is 89.0 Å². The molecule has 0 aromatic heterocycles. The van der Waals surface area contributed by atoms with E-state index in [-0.39, 0.29) is 5.91 Å². The maximum absolute atomic E-state index is 12.9. The zero-order valence-electron chi connectivity index (χ0n) is 23.4. The number of aryl methyl sites for hydroxylation is 1. The number of methoxy groups -OCH3 is 2. The summed E-state index contributed by atoms with van der Waals surface area (Å²) in [5, 5.41) is 6.68. The van der Waals surface area contributed by atoms with E-state index in [1.165, 1.54) is 11.1 Å². The van der Waals surface area contributed by atoms with Crippen molar-refractivity contribution in [1.29, 1.82) is 0 Å². The average molecular weight is 532 g/mol. The molecule has 1 amide bonds. The number of hydrogen-bond donors (Lipinski definition) is 2. The van der Waals surface area contributed by atoms with E-state index < -0.39 is 0 Å². The molecule has 0 unspecified atom stereocenters. The average Bonchev–Trinajstić information content (AvgIpc) is 2.96. The number of piperidine rings is 1. The molecule has 0 radical (unpaired) electrons. The first-order valence-electron chi connectivity index (χ1n) is 13.8. The van der Waals surface area contributed by atoms with Crippen molar-refractivity contribution >= 4 is 5.91 Å². The Kier molecular flexibility index (Phi) is 10.6. The second kappa shape index (κ2) is 14.6. The molecule has 3 aromatic rings. The number of ether oxygens (including phenoxy) is 3. The maximum Gasteiger partial charge on any atom is 0.251 e. The summed E-state index contributed by atoms with van der Waals surface area (Å²) in [4.78, 5) is 15.4. The van der Waals surface area contributed by atoms with Gasteiger partial charge in [-0.05, 0) is 69.1 Å². The summed E-state index contributed by atoms with van der Waals surface area (Å²) in [5.41, 5.74) is 4.22. The molecule has 1 heterocycles. The Balaban J connectivity index is 1.18. The second-order valence-electron chi connectivity index (χ2n) is 10.1. The summed E-state index contributed by atoms with van der Waals surface area (Å²) in [6.45, 7) is 7.23. The number of likely N-dealkylation sites (tertiary alicyclic amines) is 1. The van der Waals surface area contributed by atoms with Gasteiger partial charge in [-0.2, -0.15) is 0 Å². The number of carbonyl (C=O) groups excluding carboxylic acids is 1. The number of nitrogens with one attached hydrogen (secondary N) is 2. The number of nitrogens with zero attached hydrogens (tertiary/aromatic N) is 1. The molecule has 3 aromatic carbocycles. The summed E-state index contributed by atoms with van der Waals surface area (Å²) >= 11 is 0. The minimum absolute atomic E-state index is 0.161. The zero-order valence-corrected chi connectivity index (χ0v) is 23.4. The van der Waals surface area contributed by atoms with E-state index in [1.807, 2.05) is 30.3 Å². The molecule has 0 saturated carbocycles. The third kappa shape index (κ3) is 8.47. The van der Waals surface area contributed by atoms with Gasteiger partial charge >= 0.3 is 0 Å². The quantitative estimate of drug-likeness (QED) is 0.304. The predicted molar refractivity (Wildman–Crippen MR) is 155 cm³/mol. The molecule has 0 atom stereocenters.